The Morgan fingerprint density at radius 3 is 2.78 bits per heavy atom. The summed E-state index contributed by atoms with van der Waals surface area (Å²) in [7, 11) is 0. The van der Waals surface area contributed by atoms with Crippen LogP contribution in [0.1, 0.15) is 23.2 Å². The minimum Gasteiger partial charge on any atom is -0.394 e. The fraction of sp³-hybridized carbons (Fsp3) is 0.217. The molecule has 0 unspecified atom stereocenters. The molecule has 5 rings (SSSR count). The Bertz CT molecular complexity index is 1360. The molecule has 1 aliphatic heterocycles. The topological polar surface area (TPSA) is 104 Å². The summed E-state index contributed by atoms with van der Waals surface area (Å²) >= 11 is 6.07. The van der Waals surface area contributed by atoms with Gasteiger partial charge in [0.2, 0.25) is 0 Å². The molecule has 9 heteroatoms. The van der Waals surface area contributed by atoms with Gasteiger partial charge in [-0.05, 0) is 61.4 Å². The smallest absolute Gasteiger partial charge is 0.258 e. The molecular weight excluding hydrogens is 430 g/mol. The summed E-state index contributed by atoms with van der Waals surface area (Å²) in [5.74, 6) is -0.0891. The molecule has 0 spiro atoms. The SMILES string of the molecule is O=C(c1ccc(-n2cc(-c3cc4cc(Cl)ccc4[nH]c3=O)nn2)cc1)N1CCC[C@H]1CO. The quantitative estimate of drug-likeness (QED) is 0.498. The summed E-state index contributed by atoms with van der Waals surface area (Å²) in [5.41, 5.74) is 2.50. The van der Waals surface area contributed by atoms with Gasteiger partial charge in [0.1, 0.15) is 5.69 Å². The second-order valence-corrected chi connectivity index (χ2v) is 8.25. The lowest BCUT2D eigenvalue weighted by molar-refractivity contribution is 0.0677. The summed E-state index contributed by atoms with van der Waals surface area (Å²) in [6.45, 7) is 0.634. The number of hydrogen-bond donors (Lipinski definition) is 2. The van der Waals surface area contributed by atoms with Crippen molar-refractivity contribution in [2.75, 3.05) is 13.2 Å². The van der Waals surface area contributed by atoms with Gasteiger partial charge < -0.3 is 15.0 Å². The minimum absolute atomic E-state index is 0.0222. The summed E-state index contributed by atoms with van der Waals surface area (Å²) in [5, 5.41) is 19.1. The van der Waals surface area contributed by atoms with Crippen LogP contribution in [0, 0.1) is 0 Å². The van der Waals surface area contributed by atoms with Crippen LogP contribution in [-0.2, 0) is 0 Å². The van der Waals surface area contributed by atoms with E-state index in [0.29, 0.717) is 39.6 Å². The van der Waals surface area contributed by atoms with Crippen molar-refractivity contribution in [3.05, 3.63) is 75.7 Å². The van der Waals surface area contributed by atoms with Crippen molar-refractivity contribution in [1.29, 1.82) is 0 Å². The maximum Gasteiger partial charge on any atom is 0.258 e. The average Bonchev–Trinajstić information content (AvgIpc) is 3.48. The van der Waals surface area contributed by atoms with E-state index in [-0.39, 0.29) is 24.1 Å². The molecule has 1 atom stereocenters. The first-order valence-corrected chi connectivity index (χ1v) is 10.7. The molecule has 0 radical (unpaired) electrons. The van der Waals surface area contributed by atoms with Crippen LogP contribution in [0.4, 0.5) is 0 Å². The number of aromatic amines is 1. The van der Waals surface area contributed by atoms with Gasteiger partial charge in [0, 0.05) is 28.0 Å². The molecule has 1 aliphatic rings. The fourth-order valence-corrected chi connectivity index (χ4v) is 4.28. The van der Waals surface area contributed by atoms with E-state index in [1.54, 1.807) is 64.3 Å². The predicted octanol–water partition coefficient (Wildman–Crippen LogP) is 3.03. The number of amides is 1. The number of aromatic nitrogens is 4. The number of H-pyrrole nitrogens is 1. The number of carbonyl (C=O) groups excluding carboxylic acids is 1. The number of pyridine rings is 1. The molecule has 1 fully saturated rings. The second kappa shape index (κ2) is 8.22. The van der Waals surface area contributed by atoms with Gasteiger partial charge >= 0.3 is 0 Å². The highest BCUT2D eigenvalue weighted by molar-refractivity contribution is 6.31. The van der Waals surface area contributed by atoms with Crippen molar-refractivity contribution in [3.63, 3.8) is 0 Å². The monoisotopic (exact) mass is 449 g/mol. The summed E-state index contributed by atoms with van der Waals surface area (Å²) in [6.07, 6.45) is 3.39. The highest BCUT2D eigenvalue weighted by Gasteiger charge is 2.28. The zero-order chi connectivity index (χ0) is 22.2. The number of aliphatic hydroxyl groups excluding tert-OH is 1. The first kappa shape index (κ1) is 20.4. The molecule has 2 aromatic carbocycles. The van der Waals surface area contributed by atoms with Crippen LogP contribution in [0.3, 0.4) is 0 Å². The van der Waals surface area contributed by atoms with Gasteiger partial charge in [-0.15, -0.1) is 5.10 Å². The number of nitrogens with one attached hydrogen (secondary N) is 1. The Labute approximate surface area is 188 Å². The number of benzene rings is 2. The first-order chi connectivity index (χ1) is 15.5. The molecule has 0 saturated carbocycles. The van der Waals surface area contributed by atoms with Crippen molar-refractivity contribution < 1.29 is 9.90 Å². The molecule has 162 valence electrons. The number of likely N-dealkylation sites (tertiary alicyclic amines) is 1. The zero-order valence-electron chi connectivity index (χ0n) is 17.0. The Hall–Kier alpha value is -3.49. The van der Waals surface area contributed by atoms with Crippen LogP contribution in [-0.4, -0.2) is 55.1 Å². The molecule has 1 saturated heterocycles. The van der Waals surface area contributed by atoms with Gasteiger partial charge in [0.15, 0.2) is 0 Å². The number of hydrogen-bond acceptors (Lipinski definition) is 5. The lowest BCUT2D eigenvalue weighted by Gasteiger charge is -2.23. The standard InChI is InChI=1S/C23H20ClN5O3/c24-16-5-8-20-15(10-16)11-19(22(31)25-20)21-12-29(27-26-21)17-6-3-14(4-7-17)23(32)28-9-1-2-18(28)13-30/h3-8,10-12,18,30H,1-2,9,13H2,(H,25,31)/t18-/m0/s1. The average molecular weight is 450 g/mol. The van der Waals surface area contributed by atoms with E-state index in [2.05, 4.69) is 15.3 Å². The van der Waals surface area contributed by atoms with E-state index in [9.17, 15) is 14.7 Å². The van der Waals surface area contributed by atoms with E-state index >= 15 is 0 Å². The van der Waals surface area contributed by atoms with Crippen molar-refractivity contribution in [2.45, 2.75) is 18.9 Å². The van der Waals surface area contributed by atoms with E-state index in [1.807, 2.05) is 0 Å². The molecule has 4 aromatic rings. The lowest BCUT2D eigenvalue weighted by atomic mass is 10.1. The maximum atomic E-state index is 12.8. The van der Waals surface area contributed by atoms with Crippen molar-refractivity contribution >= 4 is 28.4 Å². The summed E-state index contributed by atoms with van der Waals surface area (Å²) < 4.78 is 1.55. The third-order valence-corrected chi connectivity index (χ3v) is 6.04. The molecular formula is C23H20ClN5O3. The predicted molar refractivity (Wildman–Crippen MR) is 121 cm³/mol. The maximum absolute atomic E-state index is 12.8. The van der Waals surface area contributed by atoms with Crippen molar-refractivity contribution in [2.24, 2.45) is 0 Å². The first-order valence-electron chi connectivity index (χ1n) is 10.3. The molecule has 0 aliphatic carbocycles. The summed E-state index contributed by atoms with van der Waals surface area (Å²) in [4.78, 5) is 29.8. The van der Waals surface area contributed by atoms with E-state index in [0.717, 1.165) is 18.2 Å². The van der Waals surface area contributed by atoms with E-state index < -0.39 is 0 Å². The van der Waals surface area contributed by atoms with Gasteiger partial charge in [-0.1, -0.05) is 16.8 Å². The molecule has 8 nitrogen and oxygen atoms in total. The molecule has 3 heterocycles. The Morgan fingerprint density at radius 2 is 2.00 bits per heavy atom. The van der Waals surface area contributed by atoms with Crippen LogP contribution in [0.25, 0.3) is 27.8 Å². The highest BCUT2D eigenvalue weighted by Crippen LogP contribution is 2.23. The largest absolute Gasteiger partial charge is 0.394 e. The number of aliphatic hydroxyl groups is 1. The molecule has 32 heavy (non-hydrogen) atoms. The van der Waals surface area contributed by atoms with Gasteiger partial charge in [0.05, 0.1) is 30.1 Å². The van der Waals surface area contributed by atoms with E-state index in [1.165, 1.54) is 0 Å². The third-order valence-electron chi connectivity index (χ3n) is 5.80. The number of fused-ring (bicyclic) bond motifs is 1. The van der Waals surface area contributed by atoms with E-state index in [4.69, 9.17) is 11.6 Å². The van der Waals surface area contributed by atoms with Gasteiger partial charge in [-0.3, -0.25) is 9.59 Å². The Balaban J connectivity index is 1.41. The van der Waals surface area contributed by atoms with Gasteiger partial charge in [-0.25, -0.2) is 4.68 Å². The highest BCUT2D eigenvalue weighted by atomic mass is 35.5. The Kier molecular flexibility index (Phi) is 5.24. The number of rotatable bonds is 4. The van der Waals surface area contributed by atoms with Crippen molar-refractivity contribution in [3.8, 4) is 16.9 Å². The molecule has 0 bridgehead atoms. The van der Waals surface area contributed by atoms with Crippen LogP contribution in [0.2, 0.25) is 5.02 Å². The molecule has 2 N–H and O–H groups in total. The number of halogens is 1. The van der Waals surface area contributed by atoms with Crippen molar-refractivity contribution in [1.82, 2.24) is 24.9 Å². The lowest BCUT2D eigenvalue weighted by Crippen LogP contribution is -2.37. The van der Waals surface area contributed by atoms with Gasteiger partial charge in [-0.2, -0.15) is 0 Å². The summed E-state index contributed by atoms with van der Waals surface area (Å²) in [6, 6.07) is 13.9. The van der Waals surface area contributed by atoms with Crippen LogP contribution >= 0.6 is 11.6 Å². The number of nitrogens with zero attached hydrogens (tertiary/aromatic N) is 4. The van der Waals surface area contributed by atoms with Crippen LogP contribution < -0.4 is 5.56 Å². The normalized spacial score (nSPS) is 16.1. The third kappa shape index (κ3) is 3.68. The second-order valence-electron chi connectivity index (χ2n) is 7.82. The number of carbonyl (C=O) groups is 1. The minimum atomic E-state index is -0.267. The van der Waals surface area contributed by atoms with Crippen LogP contribution in [0.15, 0.2) is 59.5 Å². The van der Waals surface area contributed by atoms with Gasteiger partial charge in [0.25, 0.3) is 11.5 Å². The van der Waals surface area contributed by atoms with Crippen LogP contribution in [0.5, 0.6) is 0 Å². The molecule has 2 aromatic heterocycles. The fourth-order valence-electron chi connectivity index (χ4n) is 4.10. The zero-order valence-corrected chi connectivity index (χ0v) is 17.8. The Morgan fingerprint density at radius 1 is 1.19 bits per heavy atom. The molecule has 1 amide bonds.